The van der Waals surface area contributed by atoms with Crippen LogP contribution >= 0.6 is 0 Å². The number of nitrogens with zero attached hydrogens (tertiary/aromatic N) is 2. The van der Waals surface area contributed by atoms with Gasteiger partial charge in [0.15, 0.2) is 0 Å². The van der Waals surface area contributed by atoms with Crippen LogP contribution in [0.2, 0.25) is 0 Å². The van der Waals surface area contributed by atoms with Crippen LogP contribution < -0.4 is 4.74 Å². The molecule has 0 aromatic carbocycles. The summed E-state index contributed by atoms with van der Waals surface area (Å²) in [7, 11) is 4.90. The standard InChI is InChI=1S/C12H18N2O3/c1-14(8-5-9-16-2)12(15)10-6-4-7-13-11(10)17-3/h4,6-7H,5,8-9H2,1-3H3. The summed E-state index contributed by atoms with van der Waals surface area (Å²) in [5.74, 6) is 0.266. The first-order valence-electron chi connectivity index (χ1n) is 5.44. The minimum atomic E-state index is -0.0916. The summed E-state index contributed by atoms with van der Waals surface area (Å²) in [5, 5.41) is 0. The molecule has 0 N–H and O–H groups in total. The number of amides is 1. The van der Waals surface area contributed by atoms with Gasteiger partial charge < -0.3 is 14.4 Å². The van der Waals surface area contributed by atoms with Gasteiger partial charge in [0.1, 0.15) is 5.56 Å². The number of ether oxygens (including phenoxy) is 2. The number of pyridine rings is 1. The molecule has 0 saturated carbocycles. The van der Waals surface area contributed by atoms with E-state index in [4.69, 9.17) is 9.47 Å². The van der Waals surface area contributed by atoms with E-state index >= 15 is 0 Å². The van der Waals surface area contributed by atoms with Gasteiger partial charge in [-0.3, -0.25) is 4.79 Å². The topological polar surface area (TPSA) is 51.7 Å². The molecule has 1 aromatic heterocycles. The first-order valence-corrected chi connectivity index (χ1v) is 5.44. The average molecular weight is 238 g/mol. The third-order valence-electron chi connectivity index (χ3n) is 2.38. The molecule has 1 heterocycles. The van der Waals surface area contributed by atoms with Crippen LogP contribution in [0.25, 0.3) is 0 Å². The number of methoxy groups -OCH3 is 2. The Balaban J connectivity index is 2.67. The summed E-state index contributed by atoms with van der Waals surface area (Å²) >= 11 is 0. The molecule has 0 fully saturated rings. The lowest BCUT2D eigenvalue weighted by Gasteiger charge is -2.17. The molecule has 1 rings (SSSR count). The Kier molecular flexibility index (Phi) is 5.42. The fourth-order valence-electron chi connectivity index (χ4n) is 1.47. The third-order valence-corrected chi connectivity index (χ3v) is 2.38. The predicted molar refractivity (Wildman–Crippen MR) is 64.2 cm³/mol. The van der Waals surface area contributed by atoms with Gasteiger partial charge in [-0.05, 0) is 18.6 Å². The molecular weight excluding hydrogens is 220 g/mol. The van der Waals surface area contributed by atoms with Crippen molar-refractivity contribution in [3.05, 3.63) is 23.9 Å². The zero-order valence-corrected chi connectivity index (χ0v) is 10.5. The predicted octanol–water partition coefficient (Wildman–Crippen LogP) is 1.20. The zero-order chi connectivity index (χ0) is 12.7. The normalized spacial score (nSPS) is 10.1. The van der Waals surface area contributed by atoms with E-state index in [0.717, 1.165) is 6.42 Å². The van der Waals surface area contributed by atoms with Gasteiger partial charge >= 0.3 is 0 Å². The minimum absolute atomic E-state index is 0.0916. The largest absolute Gasteiger partial charge is 0.480 e. The smallest absolute Gasteiger partial charge is 0.259 e. The lowest BCUT2D eigenvalue weighted by Crippen LogP contribution is -2.28. The first kappa shape index (κ1) is 13.4. The van der Waals surface area contributed by atoms with Gasteiger partial charge in [-0.1, -0.05) is 0 Å². The lowest BCUT2D eigenvalue weighted by atomic mass is 10.2. The number of carbonyl (C=O) groups is 1. The van der Waals surface area contributed by atoms with E-state index < -0.39 is 0 Å². The van der Waals surface area contributed by atoms with Crippen LogP contribution in [0.5, 0.6) is 5.88 Å². The van der Waals surface area contributed by atoms with E-state index in [1.807, 2.05) is 0 Å². The fourth-order valence-corrected chi connectivity index (χ4v) is 1.47. The molecule has 0 saturated heterocycles. The molecule has 94 valence electrons. The van der Waals surface area contributed by atoms with Crippen molar-refractivity contribution in [3.8, 4) is 5.88 Å². The van der Waals surface area contributed by atoms with Crippen LogP contribution in [0.15, 0.2) is 18.3 Å². The Hall–Kier alpha value is -1.62. The Morgan fingerprint density at radius 2 is 2.24 bits per heavy atom. The van der Waals surface area contributed by atoms with Crippen LogP contribution in [0, 0.1) is 0 Å². The van der Waals surface area contributed by atoms with Crippen molar-refractivity contribution in [2.24, 2.45) is 0 Å². The molecule has 0 aliphatic carbocycles. The molecule has 0 aliphatic heterocycles. The Bertz CT molecular complexity index is 369. The van der Waals surface area contributed by atoms with E-state index in [-0.39, 0.29) is 5.91 Å². The summed E-state index contributed by atoms with van der Waals surface area (Å²) in [6.07, 6.45) is 2.40. The zero-order valence-electron chi connectivity index (χ0n) is 10.5. The van der Waals surface area contributed by atoms with Crippen LogP contribution in [-0.2, 0) is 4.74 Å². The van der Waals surface area contributed by atoms with Crippen molar-refractivity contribution in [1.82, 2.24) is 9.88 Å². The number of carbonyl (C=O) groups excluding carboxylic acids is 1. The number of aromatic nitrogens is 1. The molecule has 5 nitrogen and oxygen atoms in total. The summed E-state index contributed by atoms with van der Waals surface area (Å²) in [5.41, 5.74) is 0.481. The van der Waals surface area contributed by atoms with E-state index in [0.29, 0.717) is 24.6 Å². The molecule has 0 aliphatic rings. The lowest BCUT2D eigenvalue weighted by molar-refractivity contribution is 0.0775. The maximum Gasteiger partial charge on any atom is 0.259 e. The Labute approximate surface area is 101 Å². The van der Waals surface area contributed by atoms with Crippen molar-refractivity contribution in [2.75, 3.05) is 34.4 Å². The second kappa shape index (κ2) is 6.85. The maximum atomic E-state index is 12.1. The molecular formula is C12H18N2O3. The van der Waals surface area contributed by atoms with Crippen molar-refractivity contribution < 1.29 is 14.3 Å². The molecule has 1 amide bonds. The molecule has 0 bridgehead atoms. The van der Waals surface area contributed by atoms with Crippen molar-refractivity contribution in [3.63, 3.8) is 0 Å². The van der Waals surface area contributed by atoms with Crippen LogP contribution in [0.1, 0.15) is 16.8 Å². The van der Waals surface area contributed by atoms with E-state index in [1.54, 1.807) is 37.4 Å². The van der Waals surface area contributed by atoms with Gasteiger partial charge in [0.2, 0.25) is 5.88 Å². The van der Waals surface area contributed by atoms with Gasteiger partial charge in [0, 0.05) is 33.5 Å². The summed E-state index contributed by atoms with van der Waals surface area (Å²) in [4.78, 5) is 17.7. The molecule has 1 aromatic rings. The Morgan fingerprint density at radius 1 is 1.47 bits per heavy atom. The quantitative estimate of drug-likeness (QED) is 0.699. The molecule has 0 spiro atoms. The maximum absolute atomic E-state index is 12.1. The first-order chi connectivity index (χ1) is 8.20. The third kappa shape index (κ3) is 3.71. The van der Waals surface area contributed by atoms with Crippen LogP contribution in [-0.4, -0.2) is 50.2 Å². The van der Waals surface area contributed by atoms with Crippen molar-refractivity contribution >= 4 is 5.91 Å². The summed E-state index contributed by atoms with van der Waals surface area (Å²) < 4.78 is 10.0. The van der Waals surface area contributed by atoms with E-state index in [9.17, 15) is 4.79 Å². The fraction of sp³-hybridized carbons (Fsp3) is 0.500. The van der Waals surface area contributed by atoms with Gasteiger partial charge in [-0.2, -0.15) is 0 Å². The van der Waals surface area contributed by atoms with Crippen LogP contribution in [0.3, 0.4) is 0 Å². The van der Waals surface area contributed by atoms with E-state index in [2.05, 4.69) is 4.98 Å². The summed E-state index contributed by atoms with van der Waals surface area (Å²) in [6.45, 7) is 1.28. The van der Waals surface area contributed by atoms with Gasteiger partial charge in [-0.15, -0.1) is 0 Å². The number of hydrogen-bond acceptors (Lipinski definition) is 4. The monoisotopic (exact) mass is 238 g/mol. The summed E-state index contributed by atoms with van der Waals surface area (Å²) in [6, 6.07) is 3.43. The molecule has 0 unspecified atom stereocenters. The average Bonchev–Trinajstić information content (AvgIpc) is 2.38. The second-order valence-electron chi connectivity index (χ2n) is 3.63. The molecule has 0 radical (unpaired) electrons. The number of hydrogen-bond donors (Lipinski definition) is 0. The number of rotatable bonds is 6. The second-order valence-corrected chi connectivity index (χ2v) is 3.63. The molecule has 17 heavy (non-hydrogen) atoms. The highest BCUT2D eigenvalue weighted by Gasteiger charge is 2.16. The van der Waals surface area contributed by atoms with Gasteiger partial charge in [0.25, 0.3) is 5.91 Å². The Morgan fingerprint density at radius 3 is 2.88 bits per heavy atom. The van der Waals surface area contributed by atoms with Crippen LogP contribution in [0.4, 0.5) is 0 Å². The van der Waals surface area contributed by atoms with Gasteiger partial charge in [0.05, 0.1) is 7.11 Å². The highest BCUT2D eigenvalue weighted by molar-refractivity contribution is 5.96. The highest BCUT2D eigenvalue weighted by atomic mass is 16.5. The molecule has 5 heteroatoms. The SMILES string of the molecule is COCCCN(C)C(=O)c1cccnc1OC. The van der Waals surface area contributed by atoms with Gasteiger partial charge in [-0.25, -0.2) is 4.98 Å². The molecule has 0 atom stereocenters. The van der Waals surface area contributed by atoms with E-state index in [1.165, 1.54) is 7.11 Å². The minimum Gasteiger partial charge on any atom is -0.480 e. The highest BCUT2D eigenvalue weighted by Crippen LogP contribution is 2.15. The van der Waals surface area contributed by atoms with Crippen molar-refractivity contribution in [1.29, 1.82) is 0 Å². The van der Waals surface area contributed by atoms with Crippen molar-refractivity contribution in [2.45, 2.75) is 6.42 Å².